The minimum atomic E-state index is -0.759. The molecule has 0 aliphatic heterocycles. The number of pyridine rings is 1. The molecule has 3 aromatic heterocycles. The third kappa shape index (κ3) is 5.90. The van der Waals surface area contributed by atoms with Gasteiger partial charge in [-0.25, -0.2) is 4.52 Å². The molecule has 2 N–H and O–H groups in total. The summed E-state index contributed by atoms with van der Waals surface area (Å²) in [5.41, 5.74) is 6.44. The van der Waals surface area contributed by atoms with Crippen LogP contribution in [0.3, 0.4) is 0 Å². The fourth-order valence-corrected chi connectivity index (χ4v) is 4.13. The first-order chi connectivity index (χ1) is 15.0. The molecule has 0 unspecified atom stereocenters. The van der Waals surface area contributed by atoms with Crippen molar-refractivity contribution in [3.8, 4) is 11.1 Å². The molecule has 0 spiro atoms. The molecular formula is C23H29BrN4O3. The molecule has 0 aromatic carbocycles. The number of aryl methyl sites for hydroxylation is 1. The van der Waals surface area contributed by atoms with E-state index in [-0.39, 0.29) is 6.42 Å². The van der Waals surface area contributed by atoms with Crippen LogP contribution in [0.2, 0.25) is 0 Å². The fraction of sp³-hybridized carbons (Fsp3) is 0.435. The Labute approximate surface area is 191 Å². The number of aromatic nitrogens is 3. The SMILES string of the molecule is CCc1ccc2c(-c3cncc(Br)c3)c(CCCCC(=O)O)c(CNCCOC)nn12. The quantitative estimate of drug-likeness (QED) is 0.370. The average molecular weight is 489 g/mol. The molecule has 3 heterocycles. The zero-order valence-corrected chi connectivity index (χ0v) is 19.6. The van der Waals surface area contributed by atoms with E-state index in [0.29, 0.717) is 19.6 Å². The normalized spacial score (nSPS) is 11.3. The third-order valence-corrected chi connectivity index (χ3v) is 5.69. The van der Waals surface area contributed by atoms with Crippen LogP contribution in [0.1, 0.15) is 43.1 Å². The maximum absolute atomic E-state index is 11.0. The molecule has 3 rings (SSSR count). The monoisotopic (exact) mass is 488 g/mol. The van der Waals surface area contributed by atoms with Crippen molar-refractivity contribution in [1.29, 1.82) is 0 Å². The Morgan fingerprint density at radius 3 is 2.84 bits per heavy atom. The van der Waals surface area contributed by atoms with Crippen molar-refractivity contribution in [1.82, 2.24) is 19.9 Å². The van der Waals surface area contributed by atoms with E-state index in [1.807, 2.05) is 10.7 Å². The number of rotatable bonds is 12. The number of nitrogens with one attached hydrogen (secondary N) is 1. The van der Waals surface area contributed by atoms with Gasteiger partial charge in [-0.2, -0.15) is 5.10 Å². The van der Waals surface area contributed by atoms with Gasteiger partial charge in [-0.05, 0) is 65.4 Å². The first kappa shape index (κ1) is 23.4. The predicted molar refractivity (Wildman–Crippen MR) is 124 cm³/mol. The fourth-order valence-electron chi connectivity index (χ4n) is 3.77. The minimum absolute atomic E-state index is 0.177. The molecule has 0 saturated carbocycles. The van der Waals surface area contributed by atoms with Crippen molar-refractivity contribution in [2.45, 2.75) is 45.6 Å². The van der Waals surface area contributed by atoms with Crippen LogP contribution in [-0.2, 0) is 28.9 Å². The van der Waals surface area contributed by atoms with E-state index in [0.717, 1.165) is 63.9 Å². The molecule has 0 aliphatic rings. The lowest BCUT2D eigenvalue weighted by molar-refractivity contribution is -0.137. The Balaban J connectivity index is 2.10. The first-order valence-electron chi connectivity index (χ1n) is 10.6. The summed E-state index contributed by atoms with van der Waals surface area (Å²) in [5, 5.41) is 17.4. The van der Waals surface area contributed by atoms with Gasteiger partial charge in [0.05, 0.1) is 17.8 Å². The van der Waals surface area contributed by atoms with Gasteiger partial charge in [-0.1, -0.05) is 6.92 Å². The Bertz CT molecular complexity index is 1040. The number of unbranched alkanes of at least 4 members (excludes halogenated alkanes) is 1. The third-order valence-electron chi connectivity index (χ3n) is 5.26. The van der Waals surface area contributed by atoms with Gasteiger partial charge in [0.25, 0.3) is 0 Å². The topological polar surface area (TPSA) is 88.8 Å². The lowest BCUT2D eigenvalue weighted by Gasteiger charge is -2.18. The van der Waals surface area contributed by atoms with Crippen LogP contribution in [-0.4, -0.2) is 45.9 Å². The molecule has 31 heavy (non-hydrogen) atoms. The lowest BCUT2D eigenvalue weighted by Crippen LogP contribution is -2.21. The number of methoxy groups -OCH3 is 1. The van der Waals surface area contributed by atoms with Gasteiger partial charge in [-0.3, -0.25) is 9.78 Å². The molecule has 0 radical (unpaired) electrons. The number of nitrogens with zero attached hydrogens (tertiary/aromatic N) is 3. The van der Waals surface area contributed by atoms with E-state index in [9.17, 15) is 4.79 Å². The van der Waals surface area contributed by atoms with E-state index < -0.39 is 5.97 Å². The number of hydrogen-bond donors (Lipinski definition) is 2. The number of hydrogen-bond acceptors (Lipinski definition) is 5. The Morgan fingerprint density at radius 1 is 1.29 bits per heavy atom. The van der Waals surface area contributed by atoms with Gasteiger partial charge < -0.3 is 15.2 Å². The number of carbonyl (C=O) groups is 1. The smallest absolute Gasteiger partial charge is 0.303 e. The molecule has 7 nitrogen and oxygen atoms in total. The van der Waals surface area contributed by atoms with E-state index in [2.05, 4.69) is 51.4 Å². The van der Waals surface area contributed by atoms with Crippen LogP contribution >= 0.6 is 15.9 Å². The summed E-state index contributed by atoms with van der Waals surface area (Å²) in [6, 6.07) is 6.31. The van der Waals surface area contributed by atoms with Gasteiger partial charge in [-0.15, -0.1) is 0 Å². The van der Waals surface area contributed by atoms with Crippen molar-refractivity contribution in [2.24, 2.45) is 0 Å². The standard InChI is InChI=1S/C23H29BrN4O3/c1-3-18-8-9-21-23(16-12-17(24)14-26-13-16)19(6-4-5-7-22(29)30)20(27-28(18)21)15-25-10-11-31-2/h8-9,12-14,25H,3-7,10-11,15H2,1-2H3,(H,29,30). The zero-order chi connectivity index (χ0) is 22.2. The van der Waals surface area contributed by atoms with Crippen molar-refractivity contribution in [3.05, 3.63) is 52.0 Å². The summed E-state index contributed by atoms with van der Waals surface area (Å²) in [6.45, 7) is 4.10. The molecule has 0 aliphatic carbocycles. The summed E-state index contributed by atoms with van der Waals surface area (Å²) in [6.07, 6.45) is 6.88. The van der Waals surface area contributed by atoms with Crippen LogP contribution in [0.25, 0.3) is 16.6 Å². The number of ether oxygens (including phenoxy) is 1. The van der Waals surface area contributed by atoms with E-state index in [4.69, 9.17) is 14.9 Å². The first-order valence-corrected chi connectivity index (χ1v) is 11.4. The Morgan fingerprint density at radius 2 is 2.13 bits per heavy atom. The molecule has 0 atom stereocenters. The molecule has 166 valence electrons. The van der Waals surface area contributed by atoms with Crippen LogP contribution in [0, 0.1) is 0 Å². The average Bonchev–Trinajstić information content (AvgIpc) is 3.16. The molecule has 0 fully saturated rings. The van der Waals surface area contributed by atoms with Crippen molar-refractivity contribution < 1.29 is 14.6 Å². The summed E-state index contributed by atoms with van der Waals surface area (Å²) in [5.74, 6) is -0.759. The predicted octanol–water partition coefficient (Wildman–Crippen LogP) is 4.25. The number of halogens is 1. The molecule has 3 aromatic rings. The van der Waals surface area contributed by atoms with Crippen LogP contribution in [0.5, 0.6) is 0 Å². The van der Waals surface area contributed by atoms with Crippen molar-refractivity contribution in [3.63, 3.8) is 0 Å². The van der Waals surface area contributed by atoms with E-state index >= 15 is 0 Å². The molecule has 0 bridgehead atoms. The van der Waals surface area contributed by atoms with Gasteiger partial charge in [0.1, 0.15) is 0 Å². The number of carboxylic acid groups (broad SMARTS) is 1. The van der Waals surface area contributed by atoms with E-state index in [1.54, 1.807) is 13.3 Å². The highest BCUT2D eigenvalue weighted by Gasteiger charge is 2.19. The Kier molecular flexibility index (Phi) is 8.57. The molecule has 8 heteroatoms. The summed E-state index contributed by atoms with van der Waals surface area (Å²) in [7, 11) is 1.69. The maximum atomic E-state index is 11.0. The second-order valence-corrected chi connectivity index (χ2v) is 8.35. The summed E-state index contributed by atoms with van der Waals surface area (Å²) in [4.78, 5) is 15.4. The van der Waals surface area contributed by atoms with Gasteiger partial charge >= 0.3 is 5.97 Å². The van der Waals surface area contributed by atoms with E-state index in [1.165, 1.54) is 0 Å². The summed E-state index contributed by atoms with van der Waals surface area (Å²) < 4.78 is 8.10. The second-order valence-electron chi connectivity index (χ2n) is 7.44. The minimum Gasteiger partial charge on any atom is -0.481 e. The van der Waals surface area contributed by atoms with Gasteiger partial charge in [0, 0.05) is 60.3 Å². The highest BCUT2D eigenvalue weighted by molar-refractivity contribution is 9.10. The van der Waals surface area contributed by atoms with Crippen molar-refractivity contribution in [2.75, 3.05) is 20.3 Å². The van der Waals surface area contributed by atoms with Crippen LogP contribution in [0.4, 0.5) is 0 Å². The van der Waals surface area contributed by atoms with Gasteiger partial charge in [0.15, 0.2) is 0 Å². The zero-order valence-electron chi connectivity index (χ0n) is 18.0. The maximum Gasteiger partial charge on any atom is 0.303 e. The Hall–Kier alpha value is -2.29. The number of fused-ring (bicyclic) bond motifs is 1. The molecular weight excluding hydrogens is 460 g/mol. The number of aliphatic carboxylic acids is 1. The van der Waals surface area contributed by atoms with Crippen LogP contribution in [0.15, 0.2) is 35.1 Å². The lowest BCUT2D eigenvalue weighted by atomic mass is 9.95. The highest BCUT2D eigenvalue weighted by Crippen LogP contribution is 2.33. The van der Waals surface area contributed by atoms with Crippen LogP contribution < -0.4 is 5.32 Å². The van der Waals surface area contributed by atoms with Crippen molar-refractivity contribution >= 4 is 27.4 Å². The second kappa shape index (κ2) is 11.4. The van der Waals surface area contributed by atoms with Gasteiger partial charge in [0.2, 0.25) is 0 Å². The largest absolute Gasteiger partial charge is 0.481 e. The molecule has 0 amide bonds. The molecule has 0 saturated heterocycles. The highest BCUT2D eigenvalue weighted by atomic mass is 79.9. The number of carboxylic acids is 1. The summed E-state index contributed by atoms with van der Waals surface area (Å²) >= 11 is 3.55.